The first kappa shape index (κ1) is 22.9. The van der Waals surface area contributed by atoms with E-state index in [1.807, 2.05) is 0 Å². The van der Waals surface area contributed by atoms with Crippen molar-refractivity contribution in [2.45, 2.75) is 25.9 Å². The minimum Gasteiger partial charge on any atom is -0.320 e. The van der Waals surface area contributed by atoms with Crippen LogP contribution in [-0.2, 0) is 15.8 Å². The SMILES string of the molecule is C=C(C=CN=C(C)NC(=O)C1CC1)C(=O)Nc1cnccc1-c1ccccc1C(F)(F)F. The van der Waals surface area contributed by atoms with Crippen LogP contribution in [0.1, 0.15) is 25.3 Å². The average molecular weight is 442 g/mol. The van der Waals surface area contributed by atoms with Gasteiger partial charge in [-0.15, -0.1) is 0 Å². The number of halogens is 3. The summed E-state index contributed by atoms with van der Waals surface area (Å²) < 4.78 is 40.3. The molecule has 2 aromatic rings. The van der Waals surface area contributed by atoms with Crippen LogP contribution in [-0.4, -0.2) is 22.6 Å². The van der Waals surface area contributed by atoms with Crippen LogP contribution in [0.5, 0.6) is 0 Å². The lowest BCUT2D eigenvalue weighted by Gasteiger charge is -2.16. The lowest BCUT2D eigenvalue weighted by atomic mass is 9.99. The maximum atomic E-state index is 13.4. The summed E-state index contributed by atoms with van der Waals surface area (Å²) in [6, 6.07) is 6.49. The van der Waals surface area contributed by atoms with Crippen LogP contribution >= 0.6 is 0 Å². The third-order valence-electron chi connectivity index (χ3n) is 4.68. The zero-order valence-electron chi connectivity index (χ0n) is 17.2. The topological polar surface area (TPSA) is 83.5 Å². The summed E-state index contributed by atoms with van der Waals surface area (Å²) in [5.41, 5.74) is -0.590. The molecule has 0 spiro atoms. The number of aliphatic imine (C=N–C) groups is 1. The number of nitrogens with one attached hydrogen (secondary N) is 2. The summed E-state index contributed by atoms with van der Waals surface area (Å²) in [4.78, 5) is 32.1. The second-order valence-electron chi connectivity index (χ2n) is 7.24. The first-order chi connectivity index (χ1) is 15.2. The van der Waals surface area contributed by atoms with Gasteiger partial charge in [-0.05, 0) is 43.5 Å². The number of amidine groups is 1. The Morgan fingerprint density at radius 1 is 1.19 bits per heavy atom. The molecule has 0 radical (unpaired) electrons. The molecular formula is C23H21F3N4O2. The number of hydrogen-bond donors (Lipinski definition) is 2. The van der Waals surface area contributed by atoms with Gasteiger partial charge in [0.15, 0.2) is 0 Å². The Kier molecular flexibility index (Phi) is 6.87. The molecule has 9 heteroatoms. The summed E-state index contributed by atoms with van der Waals surface area (Å²) in [5.74, 6) is -0.292. The van der Waals surface area contributed by atoms with E-state index in [4.69, 9.17) is 0 Å². The lowest BCUT2D eigenvalue weighted by Crippen LogP contribution is -2.29. The van der Waals surface area contributed by atoms with E-state index < -0.39 is 17.6 Å². The van der Waals surface area contributed by atoms with Crippen LogP contribution in [0.4, 0.5) is 18.9 Å². The van der Waals surface area contributed by atoms with Gasteiger partial charge in [-0.25, -0.2) is 4.99 Å². The van der Waals surface area contributed by atoms with Gasteiger partial charge in [0, 0.05) is 29.5 Å². The number of hydrogen-bond acceptors (Lipinski definition) is 4. The fourth-order valence-electron chi connectivity index (χ4n) is 2.87. The number of benzene rings is 1. The number of rotatable bonds is 6. The normalized spacial score (nSPS) is 14.3. The van der Waals surface area contributed by atoms with Gasteiger partial charge < -0.3 is 10.6 Å². The molecule has 1 aromatic carbocycles. The van der Waals surface area contributed by atoms with Crippen molar-refractivity contribution in [3.8, 4) is 11.1 Å². The Labute approximate surface area is 183 Å². The molecule has 0 saturated heterocycles. The number of carbonyl (C=O) groups is 2. The molecule has 166 valence electrons. The van der Waals surface area contributed by atoms with Gasteiger partial charge in [0.1, 0.15) is 5.84 Å². The maximum absolute atomic E-state index is 13.4. The Bertz CT molecular complexity index is 1100. The fraction of sp³-hybridized carbons (Fsp3) is 0.217. The fourth-order valence-corrected chi connectivity index (χ4v) is 2.87. The molecule has 3 rings (SSSR count). The number of carbonyl (C=O) groups excluding carboxylic acids is 2. The summed E-state index contributed by atoms with van der Waals surface area (Å²) in [6.07, 6.45) is 2.45. The number of alkyl halides is 3. The van der Waals surface area contributed by atoms with E-state index in [2.05, 4.69) is 27.2 Å². The number of nitrogens with zero attached hydrogens (tertiary/aromatic N) is 2. The maximum Gasteiger partial charge on any atom is 0.417 e. The average Bonchev–Trinajstić information content (AvgIpc) is 3.59. The molecule has 0 bridgehead atoms. The lowest BCUT2D eigenvalue weighted by molar-refractivity contribution is -0.137. The van der Waals surface area contributed by atoms with Gasteiger partial charge in [0.25, 0.3) is 5.91 Å². The van der Waals surface area contributed by atoms with Crippen molar-refractivity contribution in [3.63, 3.8) is 0 Å². The van der Waals surface area contributed by atoms with E-state index in [0.717, 1.165) is 18.9 Å². The Morgan fingerprint density at radius 3 is 2.59 bits per heavy atom. The van der Waals surface area contributed by atoms with Gasteiger partial charge in [-0.1, -0.05) is 24.8 Å². The van der Waals surface area contributed by atoms with E-state index in [9.17, 15) is 22.8 Å². The molecule has 1 aliphatic carbocycles. The van der Waals surface area contributed by atoms with E-state index in [0.29, 0.717) is 5.84 Å². The Hall–Kier alpha value is -3.75. The molecule has 0 atom stereocenters. The smallest absolute Gasteiger partial charge is 0.320 e. The highest BCUT2D eigenvalue weighted by Crippen LogP contribution is 2.39. The van der Waals surface area contributed by atoms with Crippen LogP contribution in [0, 0.1) is 5.92 Å². The second kappa shape index (κ2) is 9.59. The van der Waals surface area contributed by atoms with Gasteiger partial charge in [0.2, 0.25) is 5.91 Å². The van der Waals surface area contributed by atoms with Crippen molar-refractivity contribution >= 4 is 23.3 Å². The number of aromatic nitrogens is 1. The van der Waals surface area contributed by atoms with Crippen LogP contribution in [0.3, 0.4) is 0 Å². The largest absolute Gasteiger partial charge is 0.417 e. The van der Waals surface area contributed by atoms with Crippen molar-refractivity contribution in [3.05, 3.63) is 72.7 Å². The van der Waals surface area contributed by atoms with Crippen LogP contribution in [0.15, 0.2) is 72.1 Å². The molecule has 0 unspecified atom stereocenters. The molecule has 1 fully saturated rings. The number of amides is 2. The van der Waals surface area contributed by atoms with Gasteiger partial charge >= 0.3 is 6.18 Å². The van der Waals surface area contributed by atoms with Gasteiger partial charge in [-0.2, -0.15) is 13.2 Å². The third kappa shape index (κ3) is 5.90. The van der Waals surface area contributed by atoms with Gasteiger partial charge in [-0.3, -0.25) is 14.6 Å². The summed E-state index contributed by atoms with van der Waals surface area (Å²) >= 11 is 0. The zero-order chi connectivity index (χ0) is 23.3. The standard InChI is InChI=1S/C23H21F3N4O2/c1-14(9-12-28-15(2)29-22(32)16-7-8-16)21(31)30-20-13-27-11-10-18(20)17-5-3-4-6-19(17)23(24,25)26/h3-6,9-13,16H,1,7-8H2,2H3,(H,30,31)(H,28,29,32). The van der Waals surface area contributed by atoms with E-state index in [-0.39, 0.29) is 34.2 Å². The molecule has 32 heavy (non-hydrogen) atoms. The quantitative estimate of drug-likeness (QED) is 0.294. The molecular weight excluding hydrogens is 421 g/mol. The second-order valence-corrected chi connectivity index (χ2v) is 7.24. The molecule has 6 nitrogen and oxygen atoms in total. The molecule has 1 aliphatic rings. The van der Waals surface area contributed by atoms with E-state index >= 15 is 0 Å². The van der Waals surface area contributed by atoms with Crippen molar-refractivity contribution in [1.29, 1.82) is 0 Å². The first-order valence-electron chi connectivity index (χ1n) is 9.79. The Balaban J connectivity index is 1.72. The monoisotopic (exact) mass is 442 g/mol. The van der Waals surface area contributed by atoms with Crippen LogP contribution in [0.2, 0.25) is 0 Å². The minimum absolute atomic E-state index is 0.0222. The van der Waals surface area contributed by atoms with Gasteiger partial charge in [0.05, 0.1) is 17.4 Å². The van der Waals surface area contributed by atoms with E-state index in [1.54, 1.807) is 6.92 Å². The highest BCUT2D eigenvalue weighted by molar-refractivity contribution is 6.07. The van der Waals surface area contributed by atoms with E-state index in [1.165, 1.54) is 48.9 Å². The summed E-state index contributed by atoms with van der Waals surface area (Å²) in [7, 11) is 0. The number of pyridine rings is 1. The van der Waals surface area contributed by atoms with Crippen molar-refractivity contribution in [1.82, 2.24) is 10.3 Å². The summed E-state index contributed by atoms with van der Waals surface area (Å²) in [5, 5.41) is 5.20. The number of anilines is 1. The highest BCUT2D eigenvalue weighted by atomic mass is 19.4. The molecule has 1 heterocycles. The highest BCUT2D eigenvalue weighted by Gasteiger charge is 2.34. The first-order valence-corrected chi connectivity index (χ1v) is 9.79. The molecule has 2 N–H and O–H groups in total. The Morgan fingerprint density at radius 2 is 1.91 bits per heavy atom. The third-order valence-corrected chi connectivity index (χ3v) is 4.68. The van der Waals surface area contributed by atoms with Crippen LogP contribution in [0.25, 0.3) is 11.1 Å². The molecule has 1 saturated carbocycles. The van der Waals surface area contributed by atoms with Crippen molar-refractivity contribution in [2.75, 3.05) is 5.32 Å². The molecule has 0 aliphatic heterocycles. The molecule has 2 amide bonds. The predicted molar refractivity (Wildman–Crippen MR) is 116 cm³/mol. The van der Waals surface area contributed by atoms with Crippen molar-refractivity contribution < 1.29 is 22.8 Å². The zero-order valence-corrected chi connectivity index (χ0v) is 17.2. The van der Waals surface area contributed by atoms with Crippen molar-refractivity contribution in [2.24, 2.45) is 10.9 Å². The summed E-state index contributed by atoms with van der Waals surface area (Å²) in [6.45, 7) is 5.27. The molecule has 1 aromatic heterocycles. The predicted octanol–water partition coefficient (Wildman–Crippen LogP) is 4.72. The van der Waals surface area contributed by atoms with Crippen LogP contribution < -0.4 is 10.6 Å². The minimum atomic E-state index is -4.56.